The molecule has 1 aliphatic heterocycles. The first kappa shape index (κ1) is 10.5. The molecule has 3 rings (SSSR count). The fourth-order valence-corrected chi connectivity index (χ4v) is 1.79. The van der Waals surface area contributed by atoms with Crippen molar-refractivity contribution in [1.82, 2.24) is 4.98 Å². The molecule has 0 radical (unpaired) electrons. The number of pyridine rings is 1. The van der Waals surface area contributed by atoms with E-state index in [4.69, 9.17) is 15.9 Å². The van der Waals surface area contributed by atoms with Crippen molar-refractivity contribution >= 4 is 11.7 Å². The molecule has 2 aromatic rings. The van der Waals surface area contributed by atoms with Gasteiger partial charge in [-0.15, -0.1) is 0 Å². The average Bonchev–Trinajstić information content (AvgIpc) is 2.66. The summed E-state index contributed by atoms with van der Waals surface area (Å²) in [5.74, 6) is 1.83. The Hall–Kier alpha value is -2.69. The van der Waals surface area contributed by atoms with Gasteiger partial charge in [-0.05, 0) is 30.3 Å². The fourth-order valence-electron chi connectivity index (χ4n) is 1.79. The van der Waals surface area contributed by atoms with Crippen LogP contribution in [0.2, 0.25) is 0 Å². The third-order valence-corrected chi connectivity index (χ3v) is 2.62. The molecule has 0 bridgehead atoms. The third kappa shape index (κ3) is 1.71. The number of benzene rings is 1. The highest BCUT2D eigenvalue weighted by atomic mass is 16.5. The zero-order valence-electron chi connectivity index (χ0n) is 9.42. The number of hydrogen-bond acceptors (Lipinski definition) is 4. The van der Waals surface area contributed by atoms with Crippen molar-refractivity contribution in [1.29, 1.82) is 5.41 Å². The Morgan fingerprint density at radius 2 is 2.00 bits per heavy atom. The van der Waals surface area contributed by atoms with Gasteiger partial charge in [0.05, 0.1) is 6.20 Å². The second-order valence-electron chi connectivity index (χ2n) is 3.84. The number of nitrogens with zero attached hydrogens (tertiary/aromatic N) is 2. The van der Waals surface area contributed by atoms with Crippen LogP contribution in [0.15, 0.2) is 47.7 Å². The van der Waals surface area contributed by atoms with E-state index in [1.807, 2.05) is 6.07 Å². The highest BCUT2D eigenvalue weighted by Gasteiger charge is 2.18. The van der Waals surface area contributed by atoms with Crippen LogP contribution in [0.5, 0.6) is 11.5 Å². The number of ether oxygens (including phenoxy) is 1. The van der Waals surface area contributed by atoms with Crippen molar-refractivity contribution in [3.8, 4) is 11.5 Å². The van der Waals surface area contributed by atoms with Crippen molar-refractivity contribution in [3.63, 3.8) is 0 Å². The largest absolute Gasteiger partial charge is 0.456 e. The molecule has 1 aromatic carbocycles. The topological polar surface area (TPSA) is 84.4 Å². The smallest absolute Gasteiger partial charge is 0.155 e. The van der Waals surface area contributed by atoms with Crippen LogP contribution in [-0.2, 0) is 0 Å². The fraction of sp³-hybridized carbons (Fsp3) is 0. The van der Waals surface area contributed by atoms with Crippen LogP contribution >= 0.6 is 0 Å². The zero-order chi connectivity index (χ0) is 12.5. The molecule has 5 nitrogen and oxygen atoms in total. The van der Waals surface area contributed by atoms with Gasteiger partial charge in [0.15, 0.2) is 5.84 Å². The standard InChI is InChI=1S/C13H10N4O/c14-12-10-4-3-8(6-11(10)13(15)17-12)18-9-2-1-5-16-7-9/h1-7H,(H3,14,15,17). The van der Waals surface area contributed by atoms with Crippen molar-refractivity contribution in [2.24, 2.45) is 10.7 Å². The Morgan fingerprint density at radius 3 is 2.78 bits per heavy atom. The summed E-state index contributed by atoms with van der Waals surface area (Å²) in [4.78, 5) is 7.89. The lowest BCUT2D eigenvalue weighted by atomic mass is 10.1. The minimum atomic E-state index is 0.166. The molecule has 0 unspecified atom stereocenters. The molecule has 0 saturated heterocycles. The van der Waals surface area contributed by atoms with Crippen molar-refractivity contribution in [2.75, 3.05) is 0 Å². The van der Waals surface area contributed by atoms with E-state index in [0.29, 0.717) is 22.9 Å². The Bertz CT molecular complexity index is 649. The molecule has 0 fully saturated rings. The maximum Gasteiger partial charge on any atom is 0.155 e. The molecular formula is C13H10N4O. The molecule has 5 heteroatoms. The number of nitrogens with one attached hydrogen (secondary N) is 1. The molecule has 1 aliphatic rings. The summed E-state index contributed by atoms with van der Waals surface area (Å²) in [6, 6.07) is 8.98. The zero-order valence-corrected chi connectivity index (χ0v) is 9.42. The number of aromatic nitrogens is 1. The van der Waals surface area contributed by atoms with E-state index in [1.165, 1.54) is 0 Å². The van der Waals surface area contributed by atoms with Gasteiger partial charge in [-0.25, -0.2) is 4.99 Å². The van der Waals surface area contributed by atoms with Gasteiger partial charge in [0.2, 0.25) is 0 Å². The number of rotatable bonds is 2. The van der Waals surface area contributed by atoms with Crippen LogP contribution in [0, 0.1) is 5.41 Å². The van der Waals surface area contributed by atoms with Crippen LogP contribution in [-0.4, -0.2) is 16.7 Å². The van der Waals surface area contributed by atoms with Gasteiger partial charge in [0, 0.05) is 17.3 Å². The minimum Gasteiger partial charge on any atom is -0.456 e. The molecule has 0 amide bonds. The SMILES string of the molecule is N=C1N=C(N)c2ccc(Oc3cccnc3)cc21. The summed E-state index contributed by atoms with van der Waals surface area (Å²) >= 11 is 0. The van der Waals surface area contributed by atoms with Crippen molar-refractivity contribution in [3.05, 3.63) is 53.9 Å². The van der Waals surface area contributed by atoms with Gasteiger partial charge in [-0.2, -0.15) is 0 Å². The highest BCUT2D eigenvalue weighted by molar-refractivity contribution is 6.20. The predicted molar refractivity (Wildman–Crippen MR) is 68.3 cm³/mol. The lowest BCUT2D eigenvalue weighted by Crippen LogP contribution is -2.10. The van der Waals surface area contributed by atoms with E-state index in [-0.39, 0.29) is 5.84 Å². The lowest BCUT2D eigenvalue weighted by molar-refractivity contribution is 0.480. The first-order valence-electron chi connectivity index (χ1n) is 5.39. The second-order valence-corrected chi connectivity index (χ2v) is 3.84. The summed E-state index contributed by atoms with van der Waals surface area (Å²) in [5, 5.41) is 7.70. The van der Waals surface area contributed by atoms with E-state index in [2.05, 4.69) is 9.98 Å². The summed E-state index contributed by atoms with van der Waals surface area (Å²) in [5.41, 5.74) is 7.16. The molecule has 88 valence electrons. The number of hydrogen-bond donors (Lipinski definition) is 2. The Labute approximate surface area is 103 Å². The third-order valence-electron chi connectivity index (χ3n) is 2.62. The van der Waals surface area contributed by atoms with Gasteiger partial charge in [-0.3, -0.25) is 10.4 Å². The predicted octanol–water partition coefficient (Wildman–Crippen LogP) is 1.92. The summed E-state index contributed by atoms with van der Waals surface area (Å²) < 4.78 is 5.64. The minimum absolute atomic E-state index is 0.166. The molecule has 1 aromatic heterocycles. The van der Waals surface area contributed by atoms with Gasteiger partial charge in [-0.1, -0.05) is 0 Å². The van der Waals surface area contributed by atoms with Crippen LogP contribution < -0.4 is 10.5 Å². The van der Waals surface area contributed by atoms with Crippen molar-refractivity contribution < 1.29 is 4.74 Å². The molecule has 0 spiro atoms. The molecule has 0 aliphatic carbocycles. The van der Waals surface area contributed by atoms with Gasteiger partial charge < -0.3 is 10.5 Å². The first-order valence-corrected chi connectivity index (χ1v) is 5.39. The van der Waals surface area contributed by atoms with E-state index in [0.717, 1.165) is 5.56 Å². The molecule has 0 saturated carbocycles. The maximum atomic E-state index is 7.70. The summed E-state index contributed by atoms with van der Waals surface area (Å²) in [6.07, 6.45) is 3.31. The molecular weight excluding hydrogens is 228 g/mol. The average molecular weight is 238 g/mol. The summed E-state index contributed by atoms with van der Waals surface area (Å²) in [7, 11) is 0. The van der Waals surface area contributed by atoms with E-state index in [1.54, 1.807) is 36.7 Å². The first-order chi connectivity index (χ1) is 8.74. The van der Waals surface area contributed by atoms with Gasteiger partial charge in [0.25, 0.3) is 0 Å². The van der Waals surface area contributed by atoms with Crippen LogP contribution in [0.25, 0.3) is 0 Å². The Balaban J connectivity index is 1.93. The number of amidine groups is 2. The highest BCUT2D eigenvalue weighted by Crippen LogP contribution is 2.26. The van der Waals surface area contributed by atoms with Gasteiger partial charge in [0.1, 0.15) is 17.3 Å². The van der Waals surface area contributed by atoms with E-state index < -0.39 is 0 Å². The number of aliphatic imine (C=N–C) groups is 1. The quantitative estimate of drug-likeness (QED) is 0.838. The molecule has 3 N–H and O–H groups in total. The monoisotopic (exact) mass is 238 g/mol. The normalized spacial score (nSPS) is 13.1. The number of fused-ring (bicyclic) bond motifs is 1. The Kier molecular flexibility index (Phi) is 2.30. The van der Waals surface area contributed by atoms with Gasteiger partial charge >= 0.3 is 0 Å². The van der Waals surface area contributed by atoms with E-state index in [9.17, 15) is 0 Å². The Morgan fingerprint density at radius 1 is 1.11 bits per heavy atom. The lowest BCUT2D eigenvalue weighted by Gasteiger charge is -2.06. The van der Waals surface area contributed by atoms with Crippen LogP contribution in [0.1, 0.15) is 11.1 Å². The summed E-state index contributed by atoms with van der Waals surface area (Å²) in [6.45, 7) is 0. The van der Waals surface area contributed by atoms with E-state index >= 15 is 0 Å². The molecule has 0 atom stereocenters. The maximum absolute atomic E-state index is 7.70. The van der Waals surface area contributed by atoms with Crippen LogP contribution in [0.3, 0.4) is 0 Å². The second kappa shape index (κ2) is 3.96. The van der Waals surface area contributed by atoms with Crippen LogP contribution in [0.4, 0.5) is 0 Å². The molecule has 18 heavy (non-hydrogen) atoms. The number of nitrogens with two attached hydrogens (primary N) is 1. The molecule has 2 heterocycles. The van der Waals surface area contributed by atoms with Crippen molar-refractivity contribution in [2.45, 2.75) is 0 Å².